The van der Waals surface area contributed by atoms with E-state index in [1.165, 1.54) is 31.3 Å². The van der Waals surface area contributed by atoms with Gasteiger partial charge in [0.05, 0.1) is 16.1 Å². The van der Waals surface area contributed by atoms with Crippen molar-refractivity contribution in [2.45, 2.75) is 31.7 Å². The van der Waals surface area contributed by atoms with Gasteiger partial charge in [-0.2, -0.15) is 0 Å². The summed E-state index contributed by atoms with van der Waals surface area (Å²) < 4.78 is 31.9. The van der Waals surface area contributed by atoms with Crippen molar-refractivity contribution >= 4 is 27.6 Å². The molecule has 156 valence electrons. The zero-order valence-corrected chi connectivity index (χ0v) is 17.8. The molecule has 1 amide bonds. The molecule has 0 saturated heterocycles. The van der Waals surface area contributed by atoms with Gasteiger partial charge in [0, 0.05) is 13.1 Å². The predicted molar refractivity (Wildman–Crippen MR) is 111 cm³/mol. The lowest BCUT2D eigenvalue weighted by atomic mass is 10.1. The highest BCUT2D eigenvalue weighted by atomic mass is 32.2. The van der Waals surface area contributed by atoms with E-state index in [1.807, 2.05) is 20.8 Å². The van der Waals surface area contributed by atoms with Crippen LogP contribution in [0.15, 0.2) is 59.5 Å². The molecule has 8 heteroatoms. The highest BCUT2D eigenvalue weighted by Gasteiger charge is 2.23. The van der Waals surface area contributed by atoms with E-state index >= 15 is 0 Å². The Labute approximate surface area is 171 Å². The Morgan fingerprint density at radius 2 is 1.69 bits per heavy atom. The van der Waals surface area contributed by atoms with Gasteiger partial charge in [-0.15, -0.1) is 0 Å². The first-order valence-electron chi connectivity index (χ1n) is 9.23. The number of nitrogens with one attached hydrogen (secondary N) is 1. The standard InChI is InChI=1S/C21H26N2O5S/c1-15(2)16(3)22-20(24)14-28-21(25)17-9-8-12-19(13-17)29(26,27)23(4)18-10-6-5-7-11-18/h5-13,15-16H,14H2,1-4H3,(H,22,24)/t16-/m1/s1. The molecule has 7 nitrogen and oxygen atoms in total. The van der Waals surface area contributed by atoms with E-state index in [4.69, 9.17) is 4.74 Å². The zero-order valence-electron chi connectivity index (χ0n) is 17.0. The van der Waals surface area contributed by atoms with Gasteiger partial charge in [-0.1, -0.05) is 38.1 Å². The summed E-state index contributed by atoms with van der Waals surface area (Å²) >= 11 is 0. The lowest BCUT2D eigenvalue weighted by molar-refractivity contribution is -0.125. The van der Waals surface area contributed by atoms with Crippen LogP contribution in [0.5, 0.6) is 0 Å². The smallest absolute Gasteiger partial charge is 0.338 e. The van der Waals surface area contributed by atoms with E-state index in [0.717, 1.165) is 4.31 Å². The van der Waals surface area contributed by atoms with Gasteiger partial charge in [0.1, 0.15) is 0 Å². The summed E-state index contributed by atoms with van der Waals surface area (Å²) in [5.74, 6) is -0.929. The Kier molecular flexibility index (Phi) is 7.39. The molecule has 0 bridgehead atoms. The first kappa shape index (κ1) is 22.4. The molecule has 0 aliphatic rings. The Bertz CT molecular complexity index is 958. The van der Waals surface area contributed by atoms with Crippen LogP contribution in [-0.2, 0) is 19.6 Å². The van der Waals surface area contributed by atoms with Crippen molar-refractivity contribution in [2.24, 2.45) is 5.92 Å². The second kappa shape index (κ2) is 9.56. The number of anilines is 1. The summed E-state index contributed by atoms with van der Waals surface area (Å²) in [5.41, 5.74) is 0.550. The van der Waals surface area contributed by atoms with E-state index in [-0.39, 0.29) is 22.4 Å². The number of carbonyl (C=O) groups excluding carboxylic acids is 2. The van der Waals surface area contributed by atoms with E-state index in [1.54, 1.807) is 30.3 Å². The number of para-hydroxylation sites is 1. The van der Waals surface area contributed by atoms with Crippen molar-refractivity contribution in [3.05, 3.63) is 60.2 Å². The van der Waals surface area contributed by atoms with Crippen molar-refractivity contribution in [1.82, 2.24) is 5.32 Å². The van der Waals surface area contributed by atoms with Crippen molar-refractivity contribution in [3.63, 3.8) is 0 Å². The zero-order chi connectivity index (χ0) is 21.6. The van der Waals surface area contributed by atoms with Crippen LogP contribution in [0.3, 0.4) is 0 Å². The highest BCUT2D eigenvalue weighted by Crippen LogP contribution is 2.22. The van der Waals surface area contributed by atoms with Gasteiger partial charge in [-0.25, -0.2) is 13.2 Å². The fraction of sp³-hybridized carbons (Fsp3) is 0.333. The van der Waals surface area contributed by atoms with E-state index in [9.17, 15) is 18.0 Å². The van der Waals surface area contributed by atoms with Crippen molar-refractivity contribution < 1.29 is 22.7 Å². The molecule has 0 aliphatic heterocycles. The molecule has 1 N–H and O–H groups in total. The van der Waals surface area contributed by atoms with Crippen molar-refractivity contribution in [1.29, 1.82) is 0 Å². The van der Waals surface area contributed by atoms with Crippen LogP contribution in [0.25, 0.3) is 0 Å². The molecule has 0 aliphatic carbocycles. The van der Waals surface area contributed by atoms with Gasteiger partial charge in [-0.05, 0) is 43.2 Å². The third-order valence-corrected chi connectivity index (χ3v) is 6.35. The molecule has 0 saturated carbocycles. The third-order valence-electron chi connectivity index (χ3n) is 4.57. The first-order chi connectivity index (χ1) is 13.6. The maximum atomic E-state index is 12.9. The maximum Gasteiger partial charge on any atom is 0.338 e. The van der Waals surface area contributed by atoms with E-state index < -0.39 is 28.5 Å². The van der Waals surface area contributed by atoms with Gasteiger partial charge in [0.15, 0.2) is 6.61 Å². The largest absolute Gasteiger partial charge is 0.452 e. The molecule has 2 aromatic carbocycles. The number of benzene rings is 2. The maximum absolute atomic E-state index is 12.9. The minimum atomic E-state index is -3.86. The lowest BCUT2D eigenvalue weighted by Crippen LogP contribution is -2.38. The first-order valence-corrected chi connectivity index (χ1v) is 10.7. The summed E-state index contributed by atoms with van der Waals surface area (Å²) in [4.78, 5) is 24.1. The number of carbonyl (C=O) groups is 2. The molecular formula is C21H26N2O5S. The molecule has 0 aromatic heterocycles. The second-order valence-electron chi connectivity index (χ2n) is 7.01. The fourth-order valence-corrected chi connectivity index (χ4v) is 3.64. The van der Waals surface area contributed by atoms with Gasteiger partial charge in [-0.3, -0.25) is 9.10 Å². The number of sulfonamides is 1. The van der Waals surface area contributed by atoms with Crippen LogP contribution in [0.4, 0.5) is 5.69 Å². The molecule has 0 spiro atoms. The van der Waals surface area contributed by atoms with Crippen LogP contribution in [0, 0.1) is 5.92 Å². The minimum Gasteiger partial charge on any atom is -0.452 e. The number of ether oxygens (including phenoxy) is 1. The van der Waals surface area contributed by atoms with Crippen LogP contribution >= 0.6 is 0 Å². The monoisotopic (exact) mass is 418 g/mol. The molecule has 1 atom stereocenters. The van der Waals surface area contributed by atoms with E-state index in [2.05, 4.69) is 5.32 Å². The average molecular weight is 419 g/mol. The molecule has 0 fully saturated rings. The predicted octanol–water partition coefficient (Wildman–Crippen LogP) is 2.83. The van der Waals surface area contributed by atoms with Crippen LogP contribution in [-0.4, -0.2) is 40.0 Å². The van der Waals surface area contributed by atoms with E-state index in [0.29, 0.717) is 5.69 Å². The number of hydrogen-bond donors (Lipinski definition) is 1. The summed E-state index contributed by atoms with van der Waals surface area (Å²) in [6, 6.07) is 14.1. The quantitative estimate of drug-likeness (QED) is 0.666. The Hall–Kier alpha value is -2.87. The Balaban J connectivity index is 2.10. The minimum absolute atomic E-state index is 0.0452. The van der Waals surface area contributed by atoms with Crippen molar-refractivity contribution in [3.8, 4) is 0 Å². The normalized spacial score (nSPS) is 12.3. The number of rotatable bonds is 8. The van der Waals surface area contributed by atoms with Gasteiger partial charge < -0.3 is 10.1 Å². The molecule has 2 aromatic rings. The Morgan fingerprint density at radius 3 is 2.31 bits per heavy atom. The van der Waals surface area contributed by atoms with Crippen LogP contribution in [0.1, 0.15) is 31.1 Å². The number of amides is 1. The molecule has 0 radical (unpaired) electrons. The molecule has 2 rings (SSSR count). The molecule has 29 heavy (non-hydrogen) atoms. The highest BCUT2D eigenvalue weighted by molar-refractivity contribution is 7.92. The average Bonchev–Trinajstić information content (AvgIpc) is 2.72. The summed E-state index contributed by atoms with van der Waals surface area (Å²) in [5, 5.41) is 2.74. The van der Waals surface area contributed by atoms with Gasteiger partial charge in [0.2, 0.25) is 0 Å². The fourth-order valence-electron chi connectivity index (χ4n) is 2.40. The lowest BCUT2D eigenvalue weighted by Gasteiger charge is -2.19. The summed E-state index contributed by atoms with van der Waals surface area (Å²) in [6.45, 7) is 5.36. The molecular weight excluding hydrogens is 392 g/mol. The SMILES string of the molecule is CC(C)[C@@H](C)NC(=O)COC(=O)c1cccc(S(=O)(=O)N(C)c2ccccc2)c1. The molecule has 0 unspecified atom stereocenters. The van der Waals surface area contributed by atoms with Crippen LogP contribution in [0.2, 0.25) is 0 Å². The van der Waals surface area contributed by atoms with Crippen molar-refractivity contribution in [2.75, 3.05) is 18.0 Å². The number of esters is 1. The number of nitrogens with zero attached hydrogens (tertiary/aromatic N) is 1. The summed E-state index contributed by atoms with van der Waals surface area (Å²) in [7, 11) is -2.42. The second-order valence-corrected chi connectivity index (χ2v) is 8.98. The number of hydrogen-bond acceptors (Lipinski definition) is 5. The van der Waals surface area contributed by atoms with Crippen LogP contribution < -0.4 is 9.62 Å². The van der Waals surface area contributed by atoms with Gasteiger partial charge in [0.25, 0.3) is 15.9 Å². The topological polar surface area (TPSA) is 92.8 Å². The summed E-state index contributed by atoms with van der Waals surface area (Å²) in [6.07, 6.45) is 0. The third kappa shape index (κ3) is 5.80. The Morgan fingerprint density at radius 1 is 1.03 bits per heavy atom. The van der Waals surface area contributed by atoms with Gasteiger partial charge >= 0.3 is 5.97 Å². The molecule has 0 heterocycles.